The van der Waals surface area contributed by atoms with Gasteiger partial charge >= 0.3 is 5.97 Å². The first-order chi connectivity index (χ1) is 11.1. The van der Waals surface area contributed by atoms with Crippen LogP contribution in [0.2, 0.25) is 0 Å². The highest BCUT2D eigenvalue weighted by molar-refractivity contribution is 7.07. The van der Waals surface area contributed by atoms with Crippen molar-refractivity contribution in [1.82, 2.24) is 4.90 Å². The van der Waals surface area contributed by atoms with E-state index in [0.29, 0.717) is 12.3 Å². The lowest BCUT2D eigenvalue weighted by Crippen LogP contribution is -2.30. The summed E-state index contributed by atoms with van der Waals surface area (Å²) < 4.78 is 5.14. The molecule has 6 heteroatoms. The van der Waals surface area contributed by atoms with Gasteiger partial charge in [0, 0.05) is 13.0 Å². The lowest BCUT2D eigenvalue weighted by molar-refractivity contribution is -0.142. The molecule has 0 aliphatic carbocycles. The second-order valence-electron chi connectivity index (χ2n) is 5.52. The molecule has 5 nitrogen and oxygen atoms in total. The summed E-state index contributed by atoms with van der Waals surface area (Å²) in [6.07, 6.45) is 0.0379. The second kappa shape index (κ2) is 6.42. The van der Waals surface area contributed by atoms with Crippen molar-refractivity contribution in [3.63, 3.8) is 0 Å². The van der Waals surface area contributed by atoms with Gasteiger partial charge in [-0.05, 0) is 40.1 Å². The highest BCUT2D eigenvalue weighted by Crippen LogP contribution is 2.39. The summed E-state index contributed by atoms with van der Waals surface area (Å²) in [5.74, 6) is -1.08. The Labute approximate surface area is 138 Å². The summed E-state index contributed by atoms with van der Waals surface area (Å²) in [7, 11) is 1.58. The Hall–Kier alpha value is -2.34. The first-order valence-electron chi connectivity index (χ1n) is 7.27. The molecule has 0 spiro atoms. The van der Waals surface area contributed by atoms with Crippen molar-refractivity contribution in [2.75, 3.05) is 7.11 Å². The van der Waals surface area contributed by atoms with Crippen LogP contribution in [0, 0.1) is 5.92 Å². The fraction of sp³-hybridized carbons (Fsp3) is 0.294. The number of amides is 1. The third-order valence-corrected chi connectivity index (χ3v) is 4.87. The Morgan fingerprint density at radius 2 is 2.09 bits per heavy atom. The Balaban J connectivity index is 1.94. The number of rotatable bonds is 5. The average Bonchev–Trinajstić information content (AvgIpc) is 3.17. The van der Waals surface area contributed by atoms with E-state index in [-0.39, 0.29) is 12.3 Å². The van der Waals surface area contributed by atoms with Crippen molar-refractivity contribution >= 4 is 23.2 Å². The van der Waals surface area contributed by atoms with Crippen LogP contribution in [0.4, 0.5) is 0 Å². The molecule has 1 saturated heterocycles. The number of carboxylic acids is 1. The fourth-order valence-corrected chi connectivity index (χ4v) is 3.65. The largest absolute Gasteiger partial charge is 0.497 e. The number of carbonyl (C=O) groups is 2. The SMILES string of the molecule is COc1ccc([C@H]2[C@H](C(=O)O)CC(=O)N2Cc2ccsc2)cc1. The van der Waals surface area contributed by atoms with E-state index in [1.807, 2.05) is 29.0 Å². The monoisotopic (exact) mass is 331 g/mol. The molecule has 2 atom stereocenters. The predicted octanol–water partition coefficient (Wildman–Crippen LogP) is 2.93. The van der Waals surface area contributed by atoms with Crippen molar-refractivity contribution in [1.29, 1.82) is 0 Å². The maximum atomic E-state index is 12.4. The molecule has 2 heterocycles. The molecule has 2 aromatic rings. The minimum Gasteiger partial charge on any atom is -0.497 e. The lowest BCUT2D eigenvalue weighted by atomic mass is 9.93. The molecule has 0 bridgehead atoms. The van der Waals surface area contributed by atoms with Gasteiger partial charge in [0.15, 0.2) is 0 Å². The fourth-order valence-electron chi connectivity index (χ4n) is 2.99. The Bertz CT molecular complexity index is 696. The molecule has 23 heavy (non-hydrogen) atoms. The number of methoxy groups -OCH3 is 1. The Morgan fingerprint density at radius 1 is 1.35 bits per heavy atom. The number of hydrogen-bond donors (Lipinski definition) is 1. The van der Waals surface area contributed by atoms with E-state index in [4.69, 9.17) is 4.74 Å². The van der Waals surface area contributed by atoms with Gasteiger partial charge < -0.3 is 14.7 Å². The smallest absolute Gasteiger partial charge is 0.309 e. The summed E-state index contributed by atoms with van der Waals surface area (Å²) >= 11 is 1.56. The minimum atomic E-state index is -0.938. The van der Waals surface area contributed by atoms with Crippen LogP contribution in [0.1, 0.15) is 23.6 Å². The highest BCUT2D eigenvalue weighted by atomic mass is 32.1. The third kappa shape index (κ3) is 3.07. The van der Waals surface area contributed by atoms with Gasteiger partial charge in [-0.2, -0.15) is 11.3 Å². The first-order valence-corrected chi connectivity index (χ1v) is 8.21. The molecule has 3 rings (SSSR count). The number of carboxylic acid groups (broad SMARTS) is 1. The van der Waals surface area contributed by atoms with Gasteiger partial charge in [0.2, 0.25) is 5.91 Å². The molecule has 0 saturated carbocycles. The van der Waals surface area contributed by atoms with Crippen molar-refractivity contribution in [2.24, 2.45) is 5.92 Å². The molecule has 1 aliphatic rings. The molecule has 1 fully saturated rings. The van der Waals surface area contributed by atoms with Crippen molar-refractivity contribution in [3.8, 4) is 5.75 Å². The summed E-state index contributed by atoms with van der Waals surface area (Å²) in [6.45, 7) is 0.433. The van der Waals surface area contributed by atoms with E-state index in [2.05, 4.69) is 0 Å². The van der Waals surface area contributed by atoms with Crippen molar-refractivity contribution < 1.29 is 19.4 Å². The van der Waals surface area contributed by atoms with Gasteiger partial charge in [-0.1, -0.05) is 12.1 Å². The van der Waals surface area contributed by atoms with Crippen LogP contribution in [0.15, 0.2) is 41.1 Å². The predicted molar refractivity (Wildman–Crippen MR) is 86.3 cm³/mol. The molecule has 0 radical (unpaired) electrons. The number of ether oxygens (including phenoxy) is 1. The van der Waals surface area contributed by atoms with E-state index in [1.165, 1.54) is 0 Å². The number of hydrogen-bond acceptors (Lipinski definition) is 4. The van der Waals surface area contributed by atoms with Crippen LogP contribution in [-0.2, 0) is 16.1 Å². The number of carbonyl (C=O) groups excluding carboxylic acids is 1. The lowest BCUT2D eigenvalue weighted by Gasteiger charge is -2.27. The molecule has 0 unspecified atom stereocenters. The summed E-state index contributed by atoms with van der Waals surface area (Å²) in [4.78, 5) is 25.6. The topological polar surface area (TPSA) is 66.8 Å². The van der Waals surface area contributed by atoms with E-state index >= 15 is 0 Å². The van der Waals surface area contributed by atoms with Crippen LogP contribution in [0.25, 0.3) is 0 Å². The number of likely N-dealkylation sites (tertiary alicyclic amines) is 1. The number of nitrogens with zero attached hydrogens (tertiary/aromatic N) is 1. The van der Waals surface area contributed by atoms with Crippen molar-refractivity contribution in [2.45, 2.75) is 19.0 Å². The van der Waals surface area contributed by atoms with Crippen LogP contribution in [0.5, 0.6) is 5.75 Å². The number of aliphatic carboxylic acids is 1. The molecule has 1 amide bonds. The first kappa shape index (κ1) is 15.6. The van der Waals surface area contributed by atoms with Gasteiger partial charge in [0.1, 0.15) is 5.75 Å². The third-order valence-electron chi connectivity index (χ3n) is 4.14. The zero-order valence-electron chi connectivity index (χ0n) is 12.6. The average molecular weight is 331 g/mol. The van der Waals surface area contributed by atoms with Crippen LogP contribution in [0.3, 0.4) is 0 Å². The second-order valence-corrected chi connectivity index (χ2v) is 6.30. The van der Waals surface area contributed by atoms with E-state index < -0.39 is 17.9 Å². The maximum Gasteiger partial charge on any atom is 0.309 e. The van der Waals surface area contributed by atoms with Crippen LogP contribution in [-0.4, -0.2) is 29.0 Å². The van der Waals surface area contributed by atoms with E-state index in [9.17, 15) is 14.7 Å². The van der Waals surface area contributed by atoms with E-state index in [1.54, 1.807) is 35.5 Å². The van der Waals surface area contributed by atoms with Crippen molar-refractivity contribution in [3.05, 3.63) is 52.2 Å². The van der Waals surface area contributed by atoms with Gasteiger partial charge in [0.25, 0.3) is 0 Å². The molecular weight excluding hydrogens is 314 g/mol. The van der Waals surface area contributed by atoms with Gasteiger partial charge in [-0.15, -0.1) is 0 Å². The quantitative estimate of drug-likeness (QED) is 0.915. The molecule has 1 N–H and O–H groups in total. The molecule has 1 aromatic heterocycles. The zero-order chi connectivity index (χ0) is 16.4. The zero-order valence-corrected chi connectivity index (χ0v) is 13.5. The molecule has 120 valence electrons. The summed E-state index contributed by atoms with van der Waals surface area (Å²) in [6, 6.07) is 8.75. The van der Waals surface area contributed by atoms with Gasteiger partial charge in [-0.3, -0.25) is 9.59 Å². The van der Waals surface area contributed by atoms with E-state index in [0.717, 1.165) is 11.1 Å². The number of benzene rings is 1. The summed E-state index contributed by atoms with van der Waals surface area (Å²) in [5.41, 5.74) is 1.84. The normalized spacial score (nSPS) is 20.7. The molecule has 1 aliphatic heterocycles. The Morgan fingerprint density at radius 3 is 2.65 bits per heavy atom. The Kier molecular flexibility index (Phi) is 4.34. The standard InChI is InChI=1S/C17H17NO4S/c1-22-13-4-2-12(3-5-13)16-14(17(20)21)8-15(19)18(16)9-11-6-7-23-10-11/h2-7,10,14,16H,8-9H2,1H3,(H,20,21)/t14-,16+/m1/s1. The number of thiophene rings is 1. The van der Waals surface area contributed by atoms with Gasteiger partial charge in [-0.25, -0.2) is 0 Å². The van der Waals surface area contributed by atoms with Crippen LogP contribution < -0.4 is 4.74 Å². The molecular formula is C17H17NO4S. The highest BCUT2D eigenvalue weighted by Gasteiger charge is 2.44. The maximum absolute atomic E-state index is 12.4. The summed E-state index contributed by atoms with van der Waals surface area (Å²) in [5, 5.41) is 13.4. The molecule has 1 aromatic carbocycles. The van der Waals surface area contributed by atoms with Crippen LogP contribution >= 0.6 is 11.3 Å². The van der Waals surface area contributed by atoms with Gasteiger partial charge in [0.05, 0.1) is 19.1 Å². The minimum absolute atomic E-state index is 0.0379.